The summed E-state index contributed by atoms with van der Waals surface area (Å²) in [5, 5.41) is 0. The quantitative estimate of drug-likeness (QED) is 0.819. The number of rotatable bonds is 7. The van der Waals surface area contributed by atoms with Crippen LogP contribution in [-0.2, 0) is 6.42 Å². The molecule has 1 aliphatic carbocycles. The van der Waals surface area contributed by atoms with Crippen molar-refractivity contribution in [3.63, 3.8) is 0 Å². The Labute approximate surface area is 116 Å². The summed E-state index contributed by atoms with van der Waals surface area (Å²) in [4.78, 5) is 2.42. The molecule has 0 aromatic heterocycles. The normalized spacial score (nSPS) is 17.3. The Morgan fingerprint density at radius 3 is 2.74 bits per heavy atom. The smallest absolute Gasteiger partial charge is 0.119 e. The van der Waals surface area contributed by atoms with Gasteiger partial charge in [0.15, 0.2) is 0 Å². The Morgan fingerprint density at radius 2 is 2.16 bits per heavy atom. The average molecular weight is 262 g/mol. The lowest BCUT2D eigenvalue weighted by Gasteiger charge is -2.43. The van der Waals surface area contributed by atoms with Gasteiger partial charge in [-0.15, -0.1) is 0 Å². The van der Waals surface area contributed by atoms with Crippen molar-refractivity contribution >= 4 is 0 Å². The van der Waals surface area contributed by atoms with E-state index < -0.39 is 0 Å². The third-order valence-corrected chi connectivity index (χ3v) is 4.37. The summed E-state index contributed by atoms with van der Waals surface area (Å²) < 4.78 is 5.26. The maximum atomic E-state index is 5.92. The number of hydrogen-bond acceptors (Lipinski definition) is 3. The van der Waals surface area contributed by atoms with Crippen molar-refractivity contribution in [1.82, 2.24) is 4.90 Å². The number of methoxy groups -OCH3 is 1. The van der Waals surface area contributed by atoms with Gasteiger partial charge < -0.3 is 15.4 Å². The fourth-order valence-corrected chi connectivity index (χ4v) is 2.90. The minimum absolute atomic E-state index is 0.406. The van der Waals surface area contributed by atoms with Gasteiger partial charge in [0, 0.05) is 13.1 Å². The van der Waals surface area contributed by atoms with Crippen LogP contribution in [0.2, 0.25) is 0 Å². The van der Waals surface area contributed by atoms with E-state index in [9.17, 15) is 0 Å². The van der Waals surface area contributed by atoms with Gasteiger partial charge in [-0.05, 0) is 56.0 Å². The van der Waals surface area contributed by atoms with Crippen molar-refractivity contribution in [2.75, 3.05) is 33.8 Å². The first kappa shape index (κ1) is 14.4. The van der Waals surface area contributed by atoms with Gasteiger partial charge in [0.2, 0.25) is 0 Å². The Balaban J connectivity index is 1.81. The standard InChI is InChI=1S/C16H26N2O/c1-18(13-16(12-17)8-4-9-16)10-7-14-5-3-6-15(11-14)19-2/h3,5-6,11H,4,7-10,12-13,17H2,1-2H3. The van der Waals surface area contributed by atoms with Gasteiger partial charge in [0.25, 0.3) is 0 Å². The molecule has 106 valence electrons. The monoisotopic (exact) mass is 262 g/mol. The van der Waals surface area contributed by atoms with E-state index in [0.717, 1.165) is 31.8 Å². The van der Waals surface area contributed by atoms with Crippen LogP contribution in [0, 0.1) is 5.41 Å². The Hall–Kier alpha value is -1.06. The second-order valence-corrected chi connectivity index (χ2v) is 5.90. The van der Waals surface area contributed by atoms with Crippen LogP contribution < -0.4 is 10.5 Å². The molecule has 0 bridgehead atoms. The van der Waals surface area contributed by atoms with Crippen molar-refractivity contribution < 1.29 is 4.74 Å². The fraction of sp³-hybridized carbons (Fsp3) is 0.625. The lowest BCUT2D eigenvalue weighted by molar-refractivity contribution is 0.0882. The zero-order chi connectivity index (χ0) is 13.7. The molecule has 1 aromatic carbocycles. The van der Waals surface area contributed by atoms with E-state index in [2.05, 4.69) is 30.1 Å². The Morgan fingerprint density at radius 1 is 1.37 bits per heavy atom. The Kier molecular flexibility index (Phi) is 4.83. The van der Waals surface area contributed by atoms with Crippen molar-refractivity contribution in [2.45, 2.75) is 25.7 Å². The van der Waals surface area contributed by atoms with Crippen LogP contribution in [0.25, 0.3) is 0 Å². The number of nitrogens with two attached hydrogens (primary N) is 1. The number of ether oxygens (including phenoxy) is 1. The van der Waals surface area contributed by atoms with Crippen molar-refractivity contribution in [3.05, 3.63) is 29.8 Å². The van der Waals surface area contributed by atoms with Crippen molar-refractivity contribution in [1.29, 1.82) is 0 Å². The highest BCUT2D eigenvalue weighted by molar-refractivity contribution is 5.28. The summed E-state index contributed by atoms with van der Waals surface area (Å²) in [5.41, 5.74) is 7.66. The lowest BCUT2D eigenvalue weighted by Crippen LogP contribution is -2.46. The van der Waals surface area contributed by atoms with Gasteiger partial charge in [0.1, 0.15) is 5.75 Å². The lowest BCUT2D eigenvalue weighted by atomic mass is 9.68. The highest BCUT2D eigenvalue weighted by atomic mass is 16.5. The molecular weight excluding hydrogens is 236 g/mol. The largest absolute Gasteiger partial charge is 0.497 e. The van der Waals surface area contributed by atoms with E-state index in [0.29, 0.717) is 5.41 Å². The first-order valence-corrected chi connectivity index (χ1v) is 7.19. The zero-order valence-electron chi connectivity index (χ0n) is 12.2. The van der Waals surface area contributed by atoms with Gasteiger partial charge in [0.05, 0.1) is 7.11 Å². The van der Waals surface area contributed by atoms with Crippen LogP contribution in [0.3, 0.4) is 0 Å². The van der Waals surface area contributed by atoms with Gasteiger partial charge in [-0.2, -0.15) is 0 Å². The van der Waals surface area contributed by atoms with E-state index in [-0.39, 0.29) is 0 Å². The molecule has 1 aliphatic rings. The van der Waals surface area contributed by atoms with E-state index in [1.54, 1.807) is 7.11 Å². The number of benzene rings is 1. The maximum absolute atomic E-state index is 5.92. The van der Waals surface area contributed by atoms with Crippen LogP contribution >= 0.6 is 0 Å². The number of likely N-dealkylation sites (N-methyl/N-ethyl adjacent to an activating group) is 1. The molecule has 0 unspecified atom stereocenters. The summed E-state index contributed by atoms with van der Waals surface area (Å²) in [7, 11) is 3.92. The molecule has 2 rings (SSSR count). The fourth-order valence-electron chi connectivity index (χ4n) is 2.90. The molecule has 0 atom stereocenters. The van der Waals surface area contributed by atoms with Crippen LogP contribution in [0.1, 0.15) is 24.8 Å². The van der Waals surface area contributed by atoms with Gasteiger partial charge in [-0.1, -0.05) is 18.6 Å². The molecule has 0 amide bonds. The van der Waals surface area contributed by atoms with Crippen LogP contribution in [0.15, 0.2) is 24.3 Å². The highest BCUT2D eigenvalue weighted by Crippen LogP contribution is 2.40. The molecular formula is C16H26N2O. The summed E-state index contributed by atoms with van der Waals surface area (Å²) in [5.74, 6) is 0.942. The predicted octanol–water partition coefficient (Wildman–Crippen LogP) is 2.30. The third-order valence-electron chi connectivity index (χ3n) is 4.37. The molecule has 0 aliphatic heterocycles. The molecule has 3 heteroatoms. The van der Waals surface area contributed by atoms with E-state index in [4.69, 9.17) is 10.5 Å². The Bertz CT molecular complexity index is 396. The van der Waals surface area contributed by atoms with Gasteiger partial charge in [-0.3, -0.25) is 0 Å². The van der Waals surface area contributed by atoms with Crippen molar-refractivity contribution in [3.8, 4) is 5.75 Å². The molecule has 1 saturated carbocycles. The zero-order valence-corrected chi connectivity index (χ0v) is 12.2. The number of nitrogens with zero attached hydrogens (tertiary/aromatic N) is 1. The van der Waals surface area contributed by atoms with E-state index in [1.807, 2.05) is 6.07 Å². The first-order chi connectivity index (χ1) is 9.17. The molecule has 0 saturated heterocycles. The summed E-state index contributed by atoms with van der Waals surface area (Å²) >= 11 is 0. The predicted molar refractivity (Wildman–Crippen MR) is 79.5 cm³/mol. The second kappa shape index (κ2) is 6.40. The van der Waals surface area contributed by atoms with Crippen LogP contribution in [0.4, 0.5) is 0 Å². The van der Waals surface area contributed by atoms with Crippen LogP contribution in [-0.4, -0.2) is 38.7 Å². The van der Waals surface area contributed by atoms with Gasteiger partial charge in [-0.25, -0.2) is 0 Å². The summed E-state index contributed by atoms with van der Waals surface area (Å²) in [6, 6.07) is 8.33. The summed E-state index contributed by atoms with van der Waals surface area (Å²) in [6.07, 6.45) is 5.01. The second-order valence-electron chi connectivity index (χ2n) is 5.90. The third kappa shape index (κ3) is 3.71. The summed E-state index contributed by atoms with van der Waals surface area (Å²) in [6.45, 7) is 3.04. The molecule has 2 N–H and O–H groups in total. The first-order valence-electron chi connectivity index (χ1n) is 7.19. The molecule has 0 radical (unpaired) electrons. The SMILES string of the molecule is COc1cccc(CCN(C)CC2(CN)CCC2)c1. The number of hydrogen-bond donors (Lipinski definition) is 1. The topological polar surface area (TPSA) is 38.5 Å². The highest BCUT2D eigenvalue weighted by Gasteiger charge is 2.36. The van der Waals surface area contributed by atoms with Crippen LogP contribution in [0.5, 0.6) is 5.75 Å². The molecule has 0 heterocycles. The minimum atomic E-state index is 0.406. The minimum Gasteiger partial charge on any atom is -0.497 e. The molecule has 19 heavy (non-hydrogen) atoms. The van der Waals surface area contributed by atoms with E-state index in [1.165, 1.54) is 24.8 Å². The maximum Gasteiger partial charge on any atom is 0.119 e. The van der Waals surface area contributed by atoms with Crippen molar-refractivity contribution in [2.24, 2.45) is 11.1 Å². The molecule has 1 fully saturated rings. The average Bonchev–Trinajstić information content (AvgIpc) is 2.41. The molecule has 3 nitrogen and oxygen atoms in total. The molecule has 1 aromatic rings. The molecule has 0 spiro atoms. The van der Waals surface area contributed by atoms with Gasteiger partial charge >= 0.3 is 0 Å². The van der Waals surface area contributed by atoms with E-state index >= 15 is 0 Å².